The van der Waals surface area contributed by atoms with Crippen LogP contribution >= 0.6 is 11.8 Å². The molecule has 1 unspecified atom stereocenters. The van der Waals surface area contributed by atoms with Crippen LogP contribution in [-0.2, 0) is 5.75 Å². The lowest BCUT2D eigenvalue weighted by Gasteiger charge is -2.09. The van der Waals surface area contributed by atoms with E-state index in [1.165, 1.54) is 12.0 Å². The molecule has 0 amide bonds. The number of benzene rings is 1. The summed E-state index contributed by atoms with van der Waals surface area (Å²) in [6.45, 7) is 10.2. The van der Waals surface area contributed by atoms with Gasteiger partial charge in [0.25, 0.3) is 0 Å². The van der Waals surface area contributed by atoms with Crippen LogP contribution in [0.15, 0.2) is 30.3 Å². The minimum atomic E-state index is 0.369. The first kappa shape index (κ1) is 19.9. The molecule has 106 valence electrons. The molecule has 1 aromatic carbocycles. The number of nitrogens with two attached hydrogens (primary N) is 1. The number of hydrogen-bond acceptors (Lipinski definition) is 2. The molecule has 0 aliphatic heterocycles. The zero-order chi connectivity index (χ0) is 14.2. The van der Waals surface area contributed by atoms with E-state index in [4.69, 9.17) is 5.73 Å². The lowest BCUT2D eigenvalue weighted by atomic mass is 10.2. The van der Waals surface area contributed by atoms with Crippen molar-refractivity contribution in [2.75, 3.05) is 5.75 Å². The average molecular weight is 269 g/mol. The Morgan fingerprint density at radius 2 is 1.61 bits per heavy atom. The van der Waals surface area contributed by atoms with Gasteiger partial charge in [0.2, 0.25) is 0 Å². The van der Waals surface area contributed by atoms with Crippen molar-refractivity contribution in [3.8, 4) is 0 Å². The smallest absolute Gasteiger partial charge is 0.0185 e. The Morgan fingerprint density at radius 3 is 2.11 bits per heavy atom. The van der Waals surface area contributed by atoms with E-state index in [-0.39, 0.29) is 0 Å². The third kappa shape index (κ3) is 12.0. The molecule has 2 N–H and O–H groups in total. The summed E-state index contributed by atoms with van der Waals surface area (Å²) < 4.78 is 0. The summed E-state index contributed by atoms with van der Waals surface area (Å²) in [6.07, 6.45) is 2.33. The van der Waals surface area contributed by atoms with Crippen LogP contribution in [0.5, 0.6) is 0 Å². The van der Waals surface area contributed by atoms with E-state index in [1.54, 1.807) is 0 Å². The molecule has 1 nitrogen and oxygen atoms in total. The third-order valence-electron chi connectivity index (χ3n) is 2.10. The Bertz CT molecular complexity index is 236. The molecule has 2 heteroatoms. The van der Waals surface area contributed by atoms with Gasteiger partial charge in [0, 0.05) is 17.5 Å². The monoisotopic (exact) mass is 269 g/mol. The Kier molecular flexibility index (Phi) is 18.2. The second-order valence-corrected chi connectivity index (χ2v) is 4.58. The summed E-state index contributed by atoms with van der Waals surface area (Å²) >= 11 is 1.93. The van der Waals surface area contributed by atoms with Crippen LogP contribution in [-0.4, -0.2) is 11.8 Å². The SMILES string of the molecule is CC.CC.CCCC(N)CSCc1ccccc1. The molecule has 0 spiro atoms. The van der Waals surface area contributed by atoms with E-state index < -0.39 is 0 Å². The van der Waals surface area contributed by atoms with Crippen molar-refractivity contribution >= 4 is 11.8 Å². The van der Waals surface area contributed by atoms with Crippen molar-refractivity contribution in [1.29, 1.82) is 0 Å². The highest BCUT2D eigenvalue weighted by Crippen LogP contribution is 2.13. The summed E-state index contributed by atoms with van der Waals surface area (Å²) in [6, 6.07) is 10.9. The van der Waals surface area contributed by atoms with E-state index >= 15 is 0 Å². The lowest BCUT2D eigenvalue weighted by Crippen LogP contribution is -2.22. The first-order valence-electron chi connectivity index (χ1n) is 7.20. The summed E-state index contributed by atoms with van der Waals surface area (Å²) in [4.78, 5) is 0. The summed E-state index contributed by atoms with van der Waals surface area (Å²) in [7, 11) is 0. The van der Waals surface area contributed by atoms with Gasteiger partial charge in [-0.3, -0.25) is 0 Å². The van der Waals surface area contributed by atoms with Crippen LogP contribution in [0.25, 0.3) is 0 Å². The molecule has 0 aliphatic rings. The number of thioether (sulfide) groups is 1. The zero-order valence-corrected chi connectivity index (χ0v) is 13.6. The number of rotatable bonds is 6. The van der Waals surface area contributed by atoms with Crippen molar-refractivity contribution in [3.63, 3.8) is 0 Å². The lowest BCUT2D eigenvalue weighted by molar-refractivity contribution is 0.660. The molecule has 0 bridgehead atoms. The highest BCUT2D eigenvalue weighted by molar-refractivity contribution is 7.98. The summed E-state index contributed by atoms with van der Waals surface area (Å²) in [5, 5.41) is 0. The topological polar surface area (TPSA) is 26.0 Å². The van der Waals surface area contributed by atoms with E-state index in [9.17, 15) is 0 Å². The maximum atomic E-state index is 5.93. The van der Waals surface area contributed by atoms with Crippen LogP contribution in [0.2, 0.25) is 0 Å². The molecule has 0 heterocycles. The van der Waals surface area contributed by atoms with Crippen molar-refractivity contribution < 1.29 is 0 Å². The quantitative estimate of drug-likeness (QED) is 0.777. The van der Waals surface area contributed by atoms with Crippen molar-refractivity contribution in [3.05, 3.63) is 35.9 Å². The maximum Gasteiger partial charge on any atom is 0.0185 e. The predicted octanol–water partition coefficient (Wildman–Crippen LogP) is 5.10. The van der Waals surface area contributed by atoms with Gasteiger partial charge in [-0.2, -0.15) is 11.8 Å². The van der Waals surface area contributed by atoms with E-state index in [2.05, 4.69) is 37.3 Å². The average Bonchev–Trinajstić information content (AvgIpc) is 2.45. The Balaban J connectivity index is 0. The third-order valence-corrected chi connectivity index (χ3v) is 3.30. The van der Waals surface area contributed by atoms with Crippen LogP contribution in [0, 0.1) is 0 Å². The first-order chi connectivity index (χ1) is 8.83. The van der Waals surface area contributed by atoms with Gasteiger partial charge in [0.05, 0.1) is 0 Å². The molecule has 18 heavy (non-hydrogen) atoms. The fourth-order valence-electron chi connectivity index (χ4n) is 1.36. The Morgan fingerprint density at radius 1 is 1.06 bits per heavy atom. The van der Waals surface area contributed by atoms with Gasteiger partial charge >= 0.3 is 0 Å². The van der Waals surface area contributed by atoms with Gasteiger partial charge in [-0.05, 0) is 12.0 Å². The molecule has 1 atom stereocenters. The molecule has 0 fully saturated rings. The highest BCUT2D eigenvalue weighted by atomic mass is 32.2. The van der Waals surface area contributed by atoms with Crippen LogP contribution in [0.3, 0.4) is 0 Å². The number of hydrogen-bond donors (Lipinski definition) is 1. The van der Waals surface area contributed by atoms with Crippen molar-refractivity contribution in [2.45, 2.75) is 59.3 Å². The first-order valence-corrected chi connectivity index (χ1v) is 8.35. The van der Waals surface area contributed by atoms with E-state index in [1.807, 2.05) is 39.5 Å². The summed E-state index contributed by atoms with van der Waals surface area (Å²) in [5.41, 5.74) is 7.32. The maximum absolute atomic E-state index is 5.93. The zero-order valence-electron chi connectivity index (χ0n) is 12.8. The fraction of sp³-hybridized carbons (Fsp3) is 0.625. The van der Waals surface area contributed by atoms with Crippen molar-refractivity contribution in [2.24, 2.45) is 5.73 Å². The highest BCUT2D eigenvalue weighted by Gasteiger charge is 2.00. The molecule has 1 aromatic rings. The Labute approximate surface area is 119 Å². The predicted molar refractivity (Wildman–Crippen MR) is 88.2 cm³/mol. The summed E-state index contributed by atoms with van der Waals surface area (Å²) in [5.74, 6) is 2.15. The van der Waals surface area contributed by atoms with Gasteiger partial charge in [0.15, 0.2) is 0 Å². The molecule has 0 aliphatic carbocycles. The molecule has 0 radical (unpaired) electrons. The second-order valence-electron chi connectivity index (χ2n) is 3.55. The molecular weight excluding hydrogens is 238 g/mol. The van der Waals surface area contributed by atoms with Gasteiger partial charge in [-0.1, -0.05) is 71.4 Å². The molecular formula is C16H31NS. The fourth-order valence-corrected chi connectivity index (χ4v) is 2.37. The van der Waals surface area contributed by atoms with Crippen LogP contribution in [0.4, 0.5) is 0 Å². The molecule has 1 rings (SSSR count). The van der Waals surface area contributed by atoms with Gasteiger partial charge in [0.1, 0.15) is 0 Å². The van der Waals surface area contributed by atoms with Gasteiger partial charge in [-0.25, -0.2) is 0 Å². The molecule has 0 aromatic heterocycles. The van der Waals surface area contributed by atoms with E-state index in [0.717, 1.165) is 17.9 Å². The largest absolute Gasteiger partial charge is 0.327 e. The minimum Gasteiger partial charge on any atom is -0.327 e. The van der Waals surface area contributed by atoms with Gasteiger partial charge < -0.3 is 5.73 Å². The van der Waals surface area contributed by atoms with Crippen molar-refractivity contribution in [1.82, 2.24) is 0 Å². The van der Waals surface area contributed by atoms with Crippen LogP contribution < -0.4 is 5.73 Å². The van der Waals surface area contributed by atoms with Crippen LogP contribution in [0.1, 0.15) is 53.0 Å². The molecule has 0 saturated heterocycles. The molecule has 0 saturated carbocycles. The minimum absolute atomic E-state index is 0.369. The second kappa shape index (κ2) is 16.5. The van der Waals surface area contributed by atoms with Gasteiger partial charge in [-0.15, -0.1) is 0 Å². The Hall–Kier alpha value is -0.470. The normalized spacial score (nSPS) is 10.6. The van der Waals surface area contributed by atoms with E-state index in [0.29, 0.717) is 6.04 Å². The standard InChI is InChI=1S/C12H19NS.2C2H6/c1-2-6-12(13)10-14-9-11-7-4-3-5-8-11;2*1-2/h3-5,7-8,12H,2,6,9-10,13H2,1H3;2*1-2H3.